The molecule has 9 rings (SSSR count). The number of hydrogen-bond acceptors (Lipinski definition) is 4. The van der Waals surface area contributed by atoms with Gasteiger partial charge in [-0.3, -0.25) is 0 Å². The van der Waals surface area contributed by atoms with E-state index in [1.807, 2.05) is 38.1 Å². The summed E-state index contributed by atoms with van der Waals surface area (Å²) in [4.78, 5) is 2.33. The Morgan fingerprint density at radius 2 is 1.66 bits per heavy atom. The van der Waals surface area contributed by atoms with Gasteiger partial charge in [-0.05, 0) is 72.5 Å². The number of ether oxygens (including phenoxy) is 1. The van der Waals surface area contributed by atoms with Gasteiger partial charge < -0.3 is 14.2 Å². The van der Waals surface area contributed by atoms with E-state index in [9.17, 15) is 10.5 Å². The first kappa shape index (κ1) is 32.4. The van der Waals surface area contributed by atoms with Crippen molar-refractivity contribution in [3.05, 3.63) is 178 Å². The Kier molecular flexibility index (Phi) is 7.87. The highest BCUT2D eigenvalue weighted by Gasteiger charge is 2.42. The van der Waals surface area contributed by atoms with Gasteiger partial charge in [0.05, 0.1) is 29.8 Å². The Bertz CT molecular complexity index is 2600. The molecule has 0 fully saturated rings. The van der Waals surface area contributed by atoms with Crippen molar-refractivity contribution in [2.75, 3.05) is 4.90 Å². The molecule has 3 heterocycles. The molecule has 0 saturated carbocycles. The highest BCUT2D eigenvalue weighted by atomic mass is 16.5. The molecule has 0 saturated heterocycles. The highest BCUT2D eigenvalue weighted by Crippen LogP contribution is 2.53. The van der Waals surface area contributed by atoms with Crippen LogP contribution in [-0.2, 0) is 0 Å². The first-order valence-electron chi connectivity index (χ1n) is 18.3. The summed E-state index contributed by atoms with van der Waals surface area (Å²) in [5.41, 5.74) is 12.3. The monoisotopic (exact) mass is 686 g/mol. The number of nitriles is 2. The lowest BCUT2D eigenvalue weighted by Gasteiger charge is -2.31. The Balaban J connectivity index is 1.19. The van der Waals surface area contributed by atoms with Crippen molar-refractivity contribution in [3.63, 3.8) is 0 Å². The van der Waals surface area contributed by atoms with Crippen LogP contribution in [-0.4, -0.2) is 10.6 Å². The zero-order valence-electron chi connectivity index (χ0n) is 30.0. The Morgan fingerprint density at radius 3 is 2.47 bits per heavy atom. The highest BCUT2D eigenvalue weighted by molar-refractivity contribution is 5.95. The van der Waals surface area contributed by atoms with Gasteiger partial charge in [0.1, 0.15) is 17.9 Å². The van der Waals surface area contributed by atoms with Crippen LogP contribution in [0.25, 0.3) is 34.2 Å². The van der Waals surface area contributed by atoms with Crippen LogP contribution in [0.15, 0.2) is 139 Å². The van der Waals surface area contributed by atoms with Crippen molar-refractivity contribution < 1.29 is 4.74 Å². The van der Waals surface area contributed by atoms with Gasteiger partial charge in [0, 0.05) is 51.3 Å². The number of nitrogens with zero attached hydrogens (tertiary/aromatic N) is 4. The number of para-hydroxylation sites is 1. The SMILES string of the molecule is C/C=C\c1c2c(n(/C(=C/C(C#N)=C(\C)N3c4ccc5ccccc5c4C4C=C(c5ccccc5)C=CC43)CC#N)c1C)C=CC1c3ccccc3OC21. The average Bonchev–Trinajstić information content (AvgIpc) is 3.83. The fourth-order valence-electron chi connectivity index (χ4n) is 9.03. The molecular weight excluding hydrogens is 649 g/mol. The van der Waals surface area contributed by atoms with Crippen LogP contribution in [0.1, 0.15) is 77.4 Å². The summed E-state index contributed by atoms with van der Waals surface area (Å²) >= 11 is 0. The molecule has 4 aliphatic rings. The van der Waals surface area contributed by atoms with Gasteiger partial charge in [-0.1, -0.05) is 115 Å². The summed E-state index contributed by atoms with van der Waals surface area (Å²) in [5, 5.41) is 23.5. The molecule has 1 aromatic heterocycles. The molecule has 4 atom stereocenters. The van der Waals surface area contributed by atoms with E-state index in [1.54, 1.807) is 0 Å². The molecule has 2 aliphatic heterocycles. The second kappa shape index (κ2) is 12.9. The van der Waals surface area contributed by atoms with E-state index >= 15 is 0 Å². The van der Waals surface area contributed by atoms with Crippen molar-refractivity contribution in [2.45, 2.75) is 51.2 Å². The minimum absolute atomic E-state index is 0.0113. The van der Waals surface area contributed by atoms with Crippen molar-refractivity contribution >= 4 is 39.9 Å². The van der Waals surface area contributed by atoms with Crippen molar-refractivity contribution in [1.82, 2.24) is 4.57 Å². The lowest BCUT2D eigenvalue weighted by atomic mass is 9.84. The molecule has 4 unspecified atom stereocenters. The molecule has 5 aromatic rings. The Morgan fingerprint density at radius 1 is 0.868 bits per heavy atom. The van der Waals surface area contributed by atoms with Gasteiger partial charge in [-0.15, -0.1) is 0 Å². The number of aromatic nitrogens is 1. The van der Waals surface area contributed by atoms with Gasteiger partial charge in [0.2, 0.25) is 0 Å². The minimum Gasteiger partial charge on any atom is -0.484 e. The van der Waals surface area contributed by atoms with Crippen molar-refractivity contribution in [1.29, 1.82) is 10.5 Å². The molecule has 256 valence electrons. The summed E-state index contributed by atoms with van der Waals surface area (Å²) in [7, 11) is 0. The molecule has 0 radical (unpaired) electrons. The third-order valence-corrected chi connectivity index (χ3v) is 11.3. The van der Waals surface area contributed by atoms with Gasteiger partial charge in [-0.2, -0.15) is 10.5 Å². The average molecular weight is 687 g/mol. The number of anilines is 1. The molecule has 4 aromatic carbocycles. The maximum atomic E-state index is 10.9. The third-order valence-electron chi connectivity index (χ3n) is 11.3. The topological polar surface area (TPSA) is 65.0 Å². The van der Waals surface area contributed by atoms with E-state index in [1.165, 1.54) is 33.0 Å². The molecule has 0 spiro atoms. The van der Waals surface area contributed by atoms with Crippen molar-refractivity contribution in [3.8, 4) is 17.9 Å². The van der Waals surface area contributed by atoms with Crippen LogP contribution < -0.4 is 9.64 Å². The fourth-order valence-corrected chi connectivity index (χ4v) is 9.03. The summed E-state index contributed by atoms with van der Waals surface area (Å²) in [6.45, 7) is 6.17. The molecular formula is C48H38N4O. The van der Waals surface area contributed by atoms with Crippen molar-refractivity contribution in [2.24, 2.45) is 0 Å². The summed E-state index contributed by atoms with van der Waals surface area (Å²) in [5.74, 6) is 1.11. The van der Waals surface area contributed by atoms with E-state index in [-0.39, 0.29) is 30.4 Å². The Labute approximate surface area is 310 Å². The molecule has 5 heteroatoms. The quantitative estimate of drug-likeness (QED) is 0.132. The minimum atomic E-state index is -0.172. The lowest BCUT2D eigenvalue weighted by Crippen LogP contribution is -2.32. The maximum absolute atomic E-state index is 10.9. The second-order valence-corrected chi connectivity index (χ2v) is 14.1. The molecule has 53 heavy (non-hydrogen) atoms. The van der Waals surface area contributed by atoms with Gasteiger partial charge in [0.15, 0.2) is 0 Å². The lowest BCUT2D eigenvalue weighted by molar-refractivity contribution is 0.223. The molecule has 0 N–H and O–H groups in total. The van der Waals surface area contributed by atoms with Crippen LogP contribution in [0.4, 0.5) is 5.69 Å². The predicted octanol–water partition coefficient (Wildman–Crippen LogP) is 11.4. The fraction of sp³-hybridized carbons (Fsp3) is 0.167. The standard InChI is InChI=1S/C48H38N4O/c1-4-12-37-31(3)51(44-24-21-40-39-17-10-11-18-45(39)53-48(40)47(37)44)36(25-26-49)27-35(29-50)30(2)52-42-22-20-34(32-13-6-5-7-14-32)28-41(42)46-38-16-9-8-15-33(38)19-23-43(46)52/h4-24,27-28,40-42,48H,25H2,1-3H3/b12-4-,35-30-,36-27+. The van der Waals surface area contributed by atoms with Gasteiger partial charge in [0.25, 0.3) is 0 Å². The molecule has 5 nitrogen and oxygen atoms in total. The van der Waals surface area contributed by atoms with E-state index in [2.05, 4.69) is 144 Å². The van der Waals surface area contributed by atoms with Crippen LogP contribution in [0.3, 0.4) is 0 Å². The second-order valence-electron chi connectivity index (χ2n) is 14.1. The van der Waals surface area contributed by atoms with E-state index in [0.717, 1.165) is 45.3 Å². The van der Waals surface area contributed by atoms with Crippen LogP contribution in [0, 0.1) is 29.6 Å². The molecule has 0 bridgehead atoms. The number of hydrogen-bond donors (Lipinski definition) is 0. The molecule has 0 amide bonds. The summed E-state index contributed by atoms with van der Waals surface area (Å²) in [6, 6.07) is 36.7. The molecule has 2 aliphatic carbocycles. The maximum Gasteiger partial charge on any atom is 0.137 e. The number of allylic oxidation sites excluding steroid dienone is 7. The van der Waals surface area contributed by atoms with Crippen LogP contribution in [0.5, 0.6) is 5.75 Å². The first-order chi connectivity index (χ1) is 26.0. The van der Waals surface area contributed by atoms with Gasteiger partial charge in [-0.25, -0.2) is 0 Å². The van der Waals surface area contributed by atoms with Crippen LogP contribution in [0.2, 0.25) is 0 Å². The Hall–Kier alpha value is -6.56. The number of rotatable bonds is 6. The normalized spacial score (nSPS) is 21.2. The smallest absolute Gasteiger partial charge is 0.137 e. The summed E-state index contributed by atoms with van der Waals surface area (Å²) < 4.78 is 8.80. The zero-order chi connectivity index (χ0) is 36.2. The zero-order valence-corrected chi connectivity index (χ0v) is 30.0. The van der Waals surface area contributed by atoms with Crippen LogP contribution >= 0.6 is 0 Å². The van der Waals surface area contributed by atoms with E-state index in [0.29, 0.717) is 5.57 Å². The summed E-state index contributed by atoms with van der Waals surface area (Å²) in [6.07, 6.45) is 17.4. The van der Waals surface area contributed by atoms with E-state index < -0.39 is 0 Å². The number of benzene rings is 4. The predicted molar refractivity (Wildman–Crippen MR) is 215 cm³/mol. The van der Waals surface area contributed by atoms with Gasteiger partial charge >= 0.3 is 0 Å². The largest absolute Gasteiger partial charge is 0.484 e. The van der Waals surface area contributed by atoms with E-state index in [4.69, 9.17) is 4.74 Å². The first-order valence-corrected chi connectivity index (χ1v) is 18.3. The third kappa shape index (κ3) is 5.04. The number of fused-ring (bicyclic) bond motifs is 10.